The van der Waals surface area contributed by atoms with Gasteiger partial charge in [-0.05, 0) is 43.9 Å². The van der Waals surface area contributed by atoms with E-state index in [4.69, 9.17) is 0 Å². The van der Waals surface area contributed by atoms with Gasteiger partial charge in [0.1, 0.15) is 0 Å². The molecule has 0 radical (unpaired) electrons. The Morgan fingerprint density at radius 3 is 2.10 bits per heavy atom. The van der Waals surface area contributed by atoms with Gasteiger partial charge in [-0.15, -0.1) is 0 Å². The SMILES string of the molecule is Cc1ccc(NC(=O)C2CC2c2ccc(C)cc2)cc1. The van der Waals surface area contributed by atoms with Crippen molar-refractivity contribution in [3.05, 3.63) is 65.2 Å². The van der Waals surface area contributed by atoms with Crippen LogP contribution in [0.1, 0.15) is 29.0 Å². The molecule has 0 heterocycles. The predicted molar refractivity (Wildman–Crippen MR) is 81.8 cm³/mol. The van der Waals surface area contributed by atoms with Gasteiger partial charge in [-0.1, -0.05) is 47.5 Å². The average molecular weight is 265 g/mol. The number of rotatable bonds is 3. The van der Waals surface area contributed by atoms with Crippen LogP contribution in [0.15, 0.2) is 48.5 Å². The van der Waals surface area contributed by atoms with Crippen molar-refractivity contribution < 1.29 is 4.79 Å². The molecule has 2 heteroatoms. The van der Waals surface area contributed by atoms with Crippen molar-refractivity contribution in [2.75, 3.05) is 5.32 Å². The number of amides is 1. The summed E-state index contributed by atoms with van der Waals surface area (Å²) in [5.74, 6) is 0.652. The molecule has 1 amide bonds. The molecule has 2 atom stereocenters. The number of hydrogen-bond acceptors (Lipinski definition) is 1. The summed E-state index contributed by atoms with van der Waals surface area (Å²) in [6.07, 6.45) is 0.959. The van der Waals surface area contributed by atoms with E-state index in [1.54, 1.807) is 0 Å². The van der Waals surface area contributed by atoms with E-state index in [1.165, 1.54) is 16.7 Å². The van der Waals surface area contributed by atoms with Gasteiger partial charge in [0.15, 0.2) is 0 Å². The van der Waals surface area contributed by atoms with E-state index in [2.05, 4.69) is 36.5 Å². The van der Waals surface area contributed by atoms with Crippen LogP contribution in [-0.4, -0.2) is 5.91 Å². The number of nitrogens with one attached hydrogen (secondary N) is 1. The molecule has 1 saturated carbocycles. The van der Waals surface area contributed by atoms with Crippen molar-refractivity contribution in [2.45, 2.75) is 26.2 Å². The third-order valence-corrected chi connectivity index (χ3v) is 3.95. The Bertz CT molecular complexity index is 613. The summed E-state index contributed by atoms with van der Waals surface area (Å²) in [6.45, 7) is 4.12. The topological polar surface area (TPSA) is 29.1 Å². The third kappa shape index (κ3) is 2.74. The fourth-order valence-corrected chi connectivity index (χ4v) is 2.54. The summed E-state index contributed by atoms with van der Waals surface area (Å²) in [6, 6.07) is 16.4. The molecule has 20 heavy (non-hydrogen) atoms. The molecule has 1 aliphatic carbocycles. The summed E-state index contributed by atoms with van der Waals surface area (Å²) in [4.78, 5) is 12.2. The molecule has 2 aromatic carbocycles. The van der Waals surface area contributed by atoms with Crippen LogP contribution in [0.25, 0.3) is 0 Å². The van der Waals surface area contributed by atoms with Crippen LogP contribution in [0, 0.1) is 19.8 Å². The van der Waals surface area contributed by atoms with Crippen LogP contribution in [0.4, 0.5) is 5.69 Å². The van der Waals surface area contributed by atoms with Gasteiger partial charge in [0, 0.05) is 11.6 Å². The number of hydrogen-bond donors (Lipinski definition) is 1. The molecule has 102 valence electrons. The quantitative estimate of drug-likeness (QED) is 0.891. The summed E-state index contributed by atoms with van der Waals surface area (Å²) in [5.41, 5.74) is 4.62. The lowest BCUT2D eigenvalue weighted by Crippen LogP contribution is -2.14. The highest BCUT2D eigenvalue weighted by atomic mass is 16.2. The lowest BCUT2D eigenvalue weighted by molar-refractivity contribution is -0.117. The first kappa shape index (κ1) is 12.9. The first-order valence-corrected chi connectivity index (χ1v) is 7.07. The number of anilines is 1. The van der Waals surface area contributed by atoms with E-state index in [9.17, 15) is 4.79 Å². The molecule has 1 fully saturated rings. The minimum Gasteiger partial charge on any atom is -0.326 e. The fourth-order valence-electron chi connectivity index (χ4n) is 2.54. The number of carbonyl (C=O) groups is 1. The van der Waals surface area contributed by atoms with E-state index in [-0.39, 0.29) is 11.8 Å². The standard InChI is InChI=1S/C18H19NO/c1-12-3-7-14(8-4-12)16-11-17(16)18(20)19-15-9-5-13(2)6-10-15/h3-10,16-17H,11H2,1-2H3,(H,19,20). The largest absolute Gasteiger partial charge is 0.326 e. The lowest BCUT2D eigenvalue weighted by Gasteiger charge is -2.05. The van der Waals surface area contributed by atoms with Crippen molar-refractivity contribution in [3.8, 4) is 0 Å². The molecule has 1 aliphatic rings. The van der Waals surface area contributed by atoms with Gasteiger partial charge in [-0.25, -0.2) is 0 Å². The monoisotopic (exact) mass is 265 g/mol. The minimum atomic E-state index is 0.124. The zero-order chi connectivity index (χ0) is 14.1. The second-order valence-electron chi connectivity index (χ2n) is 5.71. The van der Waals surface area contributed by atoms with E-state index < -0.39 is 0 Å². The van der Waals surface area contributed by atoms with Gasteiger partial charge >= 0.3 is 0 Å². The summed E-state index contributed by atoms with van der Waals surface area (Å²) in [5, 5.41) is 3.00. The van der Waals surface area contributed by atoms with Crippen LogP contribution < -0.4 is 5.32 Å². The first-order chi connectivity index (χ1) is 9.63. The summed E-state index contributed by atoms with van der Waals surface area (Å²) < 4.78 is 0. The Balaban J connectivity index is 1.62. The van der Waals surface area contributed by atoms with Crippen molar-refractivity contribution in [2.24, 2.45) is 5.92 Å². The van der Waals surface area contributed by atoms with E-state index in [0.717, 1.165) is 12.1 Å². The van der Waals surface area contributed by atoms with Crippen LogP contribution in [0.2, 0.25) is 0 Å². The zero-order valence-electron chi connectivity index (χ0n) is 11.9. The van der Waals surface area contributed by atoms with Crippen LogP contribution in [-0.2, 0) is 4.79 Å². The molecule has 2 nitrogen and oxygen atoms in total. The van der Waals surface area contributed by atoms with Gasteiger partial charge < -0.3 is 5.32 Å². The van der Waals surface area contributed by atoms with E-state index in [0.29, 0.717) is 5.92 Å². The first-order valence-electron chi connectivity index (χ1n) is 7.07. The summed E-state index contributed by atoms with van der Waals surface area (Å²) >= 11 is 0. The second kappa shape index (κ2) is 5.12. The number of benzene rings is 2. The minimum absolute atomic E-state index is 0.124. The Morgan fingerprint density at radius 2 is 1.50 bits per heavy atom. The highest BCUT2D eigenvalue weighted by Crippen LogP contribution is 2.47. The molecule has 0 spiro atoms. The normalized spacial score (nSPS) is 20.5. The molecular formula is C18H19NO. The Labute approximate surface area is 119 Å². The summed E-state index contributed by atoms with van der Waals surface area (Å²) in [7, 11) is 0. The molecule has 2 aromatic rings. The molecule has 1 N–H and O–H groups in total. The lowest BCUT2D eigenvalue weighted by atomic mass is 10.1. The molecule has 0 aromatic heterocycles. The van der Waals surface area contributed by atoms with Crippen molar-refractivity contribution in [1.82, 2.24) is 0 Å². The van der Waals surface area contributed by atoms with Crippen molar-refractivity contribution >= 4 is 11.6 Å². The van der Waals surface area contributed by atoms with Gasteiger partial charge in [0.25, 0.3) is 0 Å². The highest BCUT2D eigenvalue weighted by molar-refractivity contribution is 5.95. The van der Waals surface area contributed by atoms with Gasteiger partial charge in [0.05, 0.1) is 0 Å². The van der Waals surface area contributed by atoms with Gasteiger partial charge in [0.2, 0.25) is 5.91 Å². The molecular weight excluding hydrogens is 246 g/mol. The van der Waals surface area contributed by atoms with E-state index >= 15 is 0 Å². The molecule has 0 bridgehead atoms. The molecule has 2 unspecified atom stereocenters. The number of carbonyl (C=O) groups excluding carboxylic acids is 1. The molecule has 3 rings (SSSR count). The van der Waals surface area contributed by atoms with Crippen LogP contribution in [0.5, 0.6) is 0 Å². The highest BCUT2D eigenvalue weighted by Gasteiger charge is 2.43. The molecule has 0 saturated heterocycles. The Kier molecular flexibility index (Phi) is 3.31. The van der Waals surface area contributed by atoms with Gasteiger partial charge in [-0.2, -0.15) is 0 Å². The third-order valence-electron chi connectivity index (χ3n) is 3.95. The molecule has 0 aliphatic heterocycles. The van der Waals surface area contributed by atoms with Crippen molar-refractivity contribution in [1.29, 1.82) is 0 Å². The fraction of sp³-hybridized carbons (Fsp3) is 0.278. The predicted octanol–water partition coefficient (Wildman–Crippen LogP) is 4.05. The second-order valence-corrected chi connectivity index (χ2v) is 5.71. The van der Waals surface area contributed by atoms with Crippen LogP contribution in [0.3, 0.4) is 0 Å². The number of aryl methyl sites for hydroxylation is 2. The average Bonchev–Trinajstić information content (AvgIpc) is 3.23. The van der Waals surface area contributed by atoms with Crippen LogP contribution >= 0.6 is 0 Å². The Hall–Kier alpha value is -2.09. The van der Waals surface area contributed by atoms with Gasteiger partial charge in [-0.3, -0.25) is 4.79 Å². The maximum atomic E-state index is 12.2. The van der Waals surface area contributed by atoms with Crippen molar-refractivity contribution in [3.63, 3.8) is 0 Å². The Morgan fingerprint density at radius 1 is 0.950 bits per heavy atom. The maximum absolute atomic E-state index is 12.2. The van der Waals surface area contributed by atoms with E-state index in [1.807, 2.05) is 31.2 Å². The smallest absolute Gasteiger partial charge is 0.228 e. The maximum Gasteiger partial charge on any atom is 0.228 e. The zero-order valence-corrected chi connectivity index (χ0v) is 11.9.